The summed E-state index contributed by atoms with van der Waals surface area (Å²) in [7, 11) is 0. The Bertz CT molecular complexity index is 1110. The molecule has 0 bridgehead atoms. The van der Waals surface area contributed by atoms with Crippen LogP contribution in [0.25, 0.3) is 0 Å². The molecule has 0 atom stereocenters. The number of aryl methyl sites for hydroxylation is 1. The summed E-state index contributed by atoms with van der Waals surface area (Å²) in [6.07, 6.45) is 3.16. The fourth-order valence-corrected chi connectivity index (χ4v) is 4.29. The summed E-state index contributed by atoms with van der Waals surface area (Å²) in [5, 5.41) is 13.1. The fraction of sp³-hybridized carbons (Fsp3) is 0.292. The molecule has 0 saturated carbocycles. The number of ether oxygens (including phenoxy) is 2. The van der Waals surface area contributed by atoms with Gasteiger partial charge >= 0.3 is 0 Å². The number of hydrogen-bond acceptors (Lipinski definition) is 6. The highest BCUT2D eigenvalue weighted by Gasteiger charge is 2.14. The van der Waals surface area contributed by atoms with Crippen molar-refractivity contribution in [3.05, 3.63) is 71.0 Å². The Hall–Kier alpha value is -2.68. The molecule has 3 aromatic rings. The van der Waals surface area contributed by atoms with Crippen LogP contribution in [0.15, 0.2) is 60.3 Å². The van der Waals surface area contributed by atoms with Crippen molar-refractivity contribution < 1.29 is 14.3 Å². The normalized spacial score (nSPS) is 10.7. The van der Waals surface area contributed by atoms with E-state index >= 15 is 0 Å². The quantitative estimate of drug-likeness (QED) is 0.171. The van der Waals surface area contributed by atoms with Gasteiger partial charge in [0.05, 0.1) is 24.0 Å². The van der Waals surface area contributed by atoms with Crippen LogP contribution in [-0.2, 0) is 17.8 Å². The molecule has 0 spiro atoms. The second kappa shape index (κ2) is 13.3. The number of carbonyl (C=O) groups excluding carboxylic acids is 1. The van der Waals surface area contributed by atoms with Crippen molar-refractivity contribution in [2.45, 2.75) is 31.5 Å². The van der Waals surface area contributed by atoms with Crippen molar-refractivity contribution in [3.63, 3.8) is 0 Å². The van der Waals surface area contributed by atoms with Gasteiger partial charge in [-0.25, -0.2) is 0 Å². The molecule has 0 fully saturated rings. The van der Waals surface area contributed by atoms with Gasteiger partial charge < -0.3 is 19.4 Å². The van der Waals surface area contributed by atoms with Crippen molar-refractivity contribution in [1.82, 2.24) is 14.8 Å². The van der Waals surface area contributed by atoms with Crippen LogP contribution in [0, 0.1) is 0 Å². The first-order chi connectivity index (χ1) is 16.5. The average Bonchev–Trinajstić information content (AvgIpc) is 3.19. The molecular weight excluding hydrogens is 495 g/mol. The third-order valence-corrected chi connectivity index (χ3v) is 6.08. The molecule has 0 aliphatic rings. The molecular formula is C24H26Cl2N4O3S. The summed E-state index contributed by atoms with van der Waals surface area (Å²) in [4.78, 5) is 12.4. The SMILES string of the molecule is C=CCn1c(CCCOc2ccc(Cl)cc2Cl)nnc1SCC(=O)Nc1ccc(OCC)cc1. The molecule has 1 aromatic heterocycles. The minimum absolute atomic E-state index is 0.128. The number of aromatic nitrogens is 3. The Balaban J connectivity index is 1.50. The van der Waals surface area contributed by atoms with Gasteiger partial charge in [0.2, 0.25) is 5.91 Å². The lowest BCUT2D eigenvalue weighted by atomic mass is 10.3. The maximum atomic E-state index is 12.4. The van der Waals surface area contributed by atoms with Crippen LogP contribution in [0.4, 0.5) is 5.69 Å². The number of anilines is 1. The minimum atomic E-state index is -0.128. The van der Waals surface area contributed by atoms with Crippen LogP contribution in [0.2, 0.25) is 10.0 Å². The molecule has 0 aliphatic heterocycles. The third-order valence-electron chi connectivity index (χ3n) is 4.58. The first kappa shape index (κ1) is 25.9. The molecule has 34 heavy (non-hydrogen) atoms. The first-order valence-corrected chi connectivity index (χ1v) is 12.5. The zero-order chi connectivity index (χ0) is 24.3. The van der Waals surface area contributed by atoms with Gasteiger partial charge in [-0.2, -0.15) is 0 Å². The fourth-order valence-electron chi connectivity index (χ4n) is 3.06. The number of halogens is 2. The van der Waals surface area contributed by atoms with Gasteiger partial charge in [-0.3, -0.25) is 4.79 Å². The highest BCUT2D eigenvalue weighted by Crippen LogP contribution is 2.27. The van der Waals surface area contributed by atoms with E-state index < -0.39 is 0 Å². The lowest BCUT2D eigenvalue weighted by Crippen LogP contribution is -2.15. The molecule has 0 radical (unpaired) electrons. The summed E-state index contributed by atoms with van der Waals surface area (Å²) in [6.45, 7) is 7.36. The zero-order valence-electron chi connectivity index (χ0n) is 18.8. The Labute approximate surface area is 213 Å². The standard InChI is InChI=1S/C24H26Cl2N4O3S/c1-3-13-30-22(6-5-14-33-21-12-7-17(25)15-20(21)26)28-29-24(30)34-16-23(31)27-18-8-10-19(11-9-18)32-4-2/h3,7-12,15H,1,4-6,13-14,16H2,2H3,(H,27,31). The van der Waals surface area contributed by atoms with Crippen molar-refractivity contribution in [2.24, 2.45) is 0 Å². The molecule has 1 heterocycles. The Kier molecular flexibility index (Phi) is 10.1. The van der Waals surface area contributed by atoms with Crippen LogP contribution < -0.4 is 14.8 Å². The highest BCUT2D eigenvalue weighted by molar-refractivity contribution is 7.99. The maximum Gasteiger partial charge on any atom is 0.234 e. The lowest BCUT2D eigenvalue weighted by Gasteiger charge is -2.10. The number of rotatable bonds is 13. The zero-order valence-corrected chi connectivity index (χ0v) is 21.1. The van der Waals surface area contributed by atoms with Crippen LogP contribution in [-0.4, -0.2) is 39.6 Å². The molecule has 10 heteroatoms. The van der Waals surface area contributed by atoms with E-state index in [0.717, 1.165) is 18.0 Å². The van der Waals surface area contributed by atoms with Crippen molar-refractivity contribution in [1.29, 1.82) is 0 Å². The van der Waals surface area contributed by atoms with Crippen molar-refractivity contribution >= 4 is 46.6 Å². The number of thioether (sulfide) groups is 1. The largest absolute Gasteiger partial charge is 0.494 e. The van der Waals surface area contributed by atoms with Gasteiger partial charge in [0, 0.05) is 23.7 Å². The van der Waals surface area contributed by atoms with Gasteiger partial charge in [0.15, 0.2) is 5.16 Å². The van der Waals surface area contributed by atoms with Gasteiger partial charge in [-0.05, 0) is 55.8 Å². The lowest BCUT2D eigenvalue weighted by molar-refractivity contribution is -0.113. The monoisotopic (exact) mass is 520 g/mol. The number of hydrogen-bond donors (Lipinski definition) is 1. The number of nitrogens with zero attached hydrogens (tertiary/aromatic N) is 3. The molecule has 7 nitrogen and oxygen atoms in total. The van der Waals surface area contributed by atoms with Gasteiger partial charge in [-0.15, -0.1) is 16.8 Å². The average molecular weight is 521 g/mol. The Morgan fingerprint density at radius 1 is 1.18 bits per heavy atom. The minimum Gasteiger partial charge on any atom is -0.494 e. The predicted molar refractivity (Wildman–Crippen MR) is 137 cm³/mol. The van der Waals surface area contributed by atoms with Crippen LogP contribution in [0.1, 0.15) is 19.2 Å². The van der Waals surface area contributed by atoms with Gasteiger partial charge in [-0.1, -0.05) is 41.0 Å². The van der Waals surface area contributed by atoms with E-state index in [0.29, 0.717) is 52.8 Å². The summed E-state index contributed by atoms with van der Waals surface area (Å²) < 4.78 is 13.1. The summed E-state index contributed by atoms with van der Waals surface area (Å²) in [5.41, 5.74) is 0.711. The molecule has 3 rings (SSSR count). The Morgan fingerprint density at radius 3 is 2.68 bits per heavy atom. The number of allylic oxidation sites excluding steroid dienone is 1. The molecule has 0 aliphatic carbocycles. The predicted octanol–water partition coefficient (Wildman–Crippen LogP) is 5.91. The highest BCUT2D eigenvalue weighted by atomic mass is 35.5. The Morgan fingerprint density at radius 2 is 1.97 bits per heavy atom. The smallest absolute Gasteiger partial charge is 0.234 e. The molecule has 0 saturated heterocycles. The molecule has 0 unspecified atom stereocenters. The van der Waals surface area contributed by atoms with Crippen LogP contribution in [0.5, 0.6) is 11.5 Å². The van der Waals surface area contributed by atoms with E-state index in [-0.39, 0.29) is 11.7 Å². The molecule has 180 valence electrons. The molecule has 1 amide bonds. The second-order valence-electron chi connectivity index (χ2n) is 7.12. The number of amides is 1. The van der Waals surface area contributed by atoms with Crippen molar-refractivity contribution in [2.75, 3.05) is 24.3 Å². The van der Waals surface area contributed by atoms with Crippen LogP contribution >= 0.6 is 35.0 Å². The van der Waals surface area contributed by atoms with Crippen molar-refractivity contribution in [3.8, 4) is 11.5 Å². The topological polar surface area (TPSA) is 78.3 Å². The van der Waals surface area contributed by atoms with E-state index in [9.17, 15) is 4.79 Å². The number of carbonyl (C=O) groups is 1. The van der Waals surface area contributed by atoms with E-state index in [4.69, 9.17) is 32.7 Å². The van der Waals surface area contributed by atoms with E-state index in [1.54, 1.807) is 24.3 Å². The third kappa shape index (κ3) is 7.68. The first-order valence-electron chi connectivity index (χ1n) is 10.8. The maximum absolute atomic E-state index is 12.4. The van der Waals surface area contributed by atoms with E-state index in [2.05, 4.69) is 22.1 Å². The summed E-state index contributed by atoms with van der Waals surface area (Å²) in [6, 6.07) is 12.4. The van der Waals surface area contributed by atoms with Gasteiger partial charge in [0.1, 0.15) is 17.3 Å². The summed E-state index contributed by atoms with van der Waals surface area (Å²) >= 11 is 13.4. The van der Waals surface area contributed by atoms with E-state index in [1.807, 2.05) is 35.8 Å². The van der Waals surface area contributed by atoms with Crippen LogP contribution in [0.3, 0.4) is 0 Å². The second-order valence-corrected chi connectivity index (χ2v) is 8.91. The summed E-state index contributed by atoms with van der Waals surface area (Å²) in [5.74, 6) is 2.24. The number of benzene rings is 2. The van der Waals surface area contributed by atoms with E-state index in [1.165, 1.54) is 11.8 Å². The molecule has 2 aromatic carbocycles. The number of nitrogens with one attached hydrogen (secondary N) is 1. The van der Waals surface area contributed by atoms with Gasteiger partial charge in [0.25, 0.3) is 0 Å². The molecule has 1 N–H and O–H groups in total.